The van der Waals surface area contributed by atoms with E-state index in [2.05, 4.69) is 10.1 Å². The van der Waals surface area contributed by atoms with Crippen molar-refractivity contribution in [2.24, 2.45) is 0 Å². The van der Waals surface area contributed by atoms with Crippen molar-refractivity contribution >= 4 is 0 Å². The van der Waals surface area contributed by atoms with Gasteiger partial charge in [-0.25, -0.2) is 0 Å². The van der Waals surface area contributed by atoms with Crippen molar-refractivity contribution < 1.29 is 13.5 Å². The Morgan fingerprint density at radius 2 is 1.72 bits per heavy atom. The number of hydrogen-bond acceptors (Lipinski definition) is 2. The summed E-state index contributed by atoms with van der Waals surface area (Å²) >= 11 is 0. The Bertz CT molecular complexity index is 476. The van der Waals surface area contributed by atoms with E-state index in [1.54, 1.807) is 18.2 Å². The van der Waals surface area contributed by atoms with Gasteiger partial charge in [0.25, 0.3) is 0 Å². The molecule has 1 N–H and O–H groups in total. The van der Waals surface area contributed by atoms with E-state index >= 15 is 0 Å². The molecule has 0 radical (unpaired) electrons. The second kappa shape index (κ2) is 5.21. The molecular weight excluding hydrogens is 236 g/mol. The molecule has 1 aromatic carbocycles. The van der Waals surface area contributed by atoms with E-state index in [1.165, 1.54) is 0 Å². The van der Waals surface area contributed by atoms with Gasteiger partial charge in [-0.05, 0) is 19.9 Å². The molecule has 0 saturated carbocycles. The molecule has 0 aromatic heterocycles. The van der Waals surface area contributed by atoms with Crippen LogP contribution in [-0.2, 0) is 0 Å². The summed E-state index contributed by atoms with van der Waals surface area (Å²) in [7, 11) is 0. The maximum atomic E-state index is 12.4. The van der Waals surface area contributed by atoms with Gasteiger partial charge in [0.05, 0.1) is 0 Å². The van der Waals surface area contributed by atoms with Crippen molar-refractivity contribution in [3.05, 3.63) is 53.4 Å². The fourth-order valence-electron chi connectivity index (χ4n) is 2.12. The third-order valence-electron chi connectivity index (χ3n) is 2.75. The summed E-state index contributed by atoms with van der Waals surface area (Å²) in [5, 5.41) is 3.17. The zero-order chi connectivity index (χ0) is 13.1. The molecule has 18 heavy (non-hydrogen) atoms. The molecule has 1 aliphatic rings. The minimum Gasteiger partial charge on any atom is -0.435 e. The molecule has 1 aliphatic heterocycles. The number of benzene rings is 1. The summed E-state index contributed by atoms with van der Waals surface area (Å²) in [6.07, 6.45) is 3.97. The summed E-state index contributed by atoms with van der Waals surface area (Å²) in [4.78, 5) is 0. The quantitative estimate of drug-likeness (QED) is 0.882. The van der Waals surface area contributed by atoms with E-state index in [4.69, 9.17) is 0 Å². The van der Waals surface area contributed by atoms with Gasteiger partial charge >= 0.3 is 6.61 Å². The highest BCUT2D eigenvalue weighted by atomic mass is 19.3. The smallest absolute Gasteiger partial charge is 0.387 e. The normalized spacial score (nSPS) is 16.1. The van der Waals surface area contributed by atoms with Crippen LogP contribution in [-0.4, -0.2) is 6.61 Å². The van der Waals surface area contributed by atoms with Crippen molar-refractivity contribution in [1.29, 1.82) is 0 Å². The lowest BCUT2D eigenvalue weighted by molar-refractivity contribution is -0.0504. The SMILES string of the molecule is CC1=CC(c2ccccc2OC(F)F)C=C(C)N1. The molecule has 0 fully saturated rings. The van der Waals surface area contributed by atoms with Crippen molar-refractivity contribution in [1.82, 2.24) is 5.32 Å². The van der Waals surface area contributed by atoms with E-state index in [9.17, 15) is 8.78 Å². The summed E-state index contributed by atoms with van der Waals surface area (Å²) < 4.78 is 29.3. The average molecular weight is 251 g/mol. The Labute approximate surface area is 105 Å². The minimum atomic E-state index is -2.80. The lowest BCUT2D eigenvalue weighted by atomic mass is 9.94. The van der Waals surface area contributed by atoms with Gasteiger partial charge in [-0.1, -0.05) is 30.4 Å². The Hall–Kier alpha value is -1.84. The molecule has 4 heteroatoms. The second-order valence-electron chi connectivity index (χ2n) is 4.27. The van der Waals surface area contributed by atoms with E-state index in [1.807, 2.05) is 32.1 Å². The number of rotatable bonds is 3. The molecule has 96 valence electrons. The van der Waals surface area contributed by atoms with Crippen LogP contribution in [0.15, 0.2) is 47.8 Å². The van der Waals surface area contributed by atoms with Gasteiger partial charge in [0.15, 0.2) is 0 Å². The number of para-hydroxylation sites is 1. The number of dihydropyridines is 1. The molecule has 0 saturated heterocycles. The summed E-state index contributed by atoms with van der Waals surface area (Å²) in [5.41, 5.74) is 2.76. The minimum absolute atomic E-state index is 0.0406. The number of alkyl halides is 2. The van der Waals surface area contributed by atoms with Gasteiger partial charge in [0.1, 0.15) is 5.75 Å². The topological polar surface area (TPSA) is 21.3 Å². The molecule has 1 heterocycles. The molecule has 0 aliphatic carbocycles. The van der Waals surface area contributed by atoms with Crippen LogP contribution in [0.3, 0.4) is 0 Å². The summed E-state index contributed by atoms with van der Waals surface area (Å²) in [6, 6.07) is 6.88. The predicted octanol–water partition coefficient (Wildman–Crippen LogP) is 3.78. The Kier molecular flexibility index (Phi) is 3.65. The van der Waals surface area contributed by atoms with Crippen molar-refractivity contribution in [2.75, 3.05) is 0 Å². The van der Waals surface area contributed by atoms with Gasteiger partial charge in [-0.15, -0.1) is 0 Å². The maximum absolute atomic E-state index is 12.4. The molecule has 1 aromatic rings. The number of ether oxygens (including phenoxy) is 1. The first-order chi connectivity index (χ1) is 8.56. The molecule has 0 spiro atoms. The third kappa shape index (κ3) is 2.88. The highest BCUT2D eigenvalue weighted by Gasteiger charge is 2.17. The number of allylic oxidation sites excluding steroid dienone is 4. The van der Waals surface area contributed by atoms with Crippen LogP contribution >= 0.6 is 0 Å². The van der Waals surface area contributed by atoms with Crippen molar-refractivity contribution in [3.63, 3.8) is 0 Å². The number of halogens is 2. The lowest BCUT2D eigenvalue weighted by Gasteiger charge is -2.21. The van der Waals surface area contributed by atoms with Crippen molar-refractivity contribution in [2.45, 2.75) is 26.4 Å². The van der Waals surface area contributed by atoms with Crippen LogP contribution in [0.2, 0.25) is 0 Å². The van der Waals surface area contributed by atoms with E-state index < -0.39 is 6.61 Å². The zero-order valence-electron chi connectivity index (χ0n) is 10.3. The largest absolute Gasteiger partial charge is 0.435 e. The first-order valence-corrected chi connectivity index (χ1v) is 5.74. The van der Waals surface area contributed by atoms with E-state index in [0.717, 1.165) is 17.0 Å². The molecule has 0 bridgehead atoms. The lowest BCUT2D eigenvalue weighted by Crippen LogP contribution is -2.15. The van der Waals surface area contributed by atoms with Crippen LogP contribution in [0.4, 0.5) is 8.78 Å². The monoisotopic (exact) mass is 251 g/mol. The molecular formula is C14H15F2NO. The molecule has 2 rings (SSSR count). The molecule has 0 amide bonds. The molecule has 2 nitrogen and oxygen atoms in total. The Balaban J connectivity index is 2.35. The number of hydrogen-bond donors (Lipinski definition) is 1. The fraction of sp³-hybridized carbons (Fsp3) is 0.286. The Morgan fingerprint density at radius 3 is 2.33 bits per heavy atom. The standard InChI is InChI=1S/C14H15F2NO/c1-9-7-11(8-10(2)17-9)12-5-3-4-6-13(12)18-14(15)16/h3-8,11,14,17H,1-2H3. The van der Waals surface area contributed by atoms with E-state index in [0.29, 0.717) is 0 Å². The van der Waals surface area contributed by atoms with Gasteiger partial charge in [0.2, 0.25) is 0 Å². The fourth-order valence-corrected chi connectivity index (χ4v) is 2.12. The van der Waals surface area contributed by atoms with Crippen LogP contribution in [0.5, 0.6) is 5.75 Å². The van der Waals surface area contributed by atoms with Crippen LogP contribution < -0.4 is 10.1 Å². The molecule has 0 unspecified atom stereocenters. The first kappa shape index (κ1) is 12.6. The third-order valence-corrected chi connectivity index (χ3v) is 2.75. The summed E-state index contributed by atoms with van der Waals surface area (Å²) in [5.74, 6) is 0.189. The van der Waals surface area contributed by atoms with E-state index in [-0.39, 0.29) is 11.7 Å². The van der Waals surface area contributed by atoms with Crippen LogP contribution in [0.1, 0.15) is 25.3 Å². The predicted molar refractivity (Wildman–Crippen MR) is 66.5 cm³/mol. The summed E-state index contributed by atoms with van der Waals surface area (Å²) in [6.45, 7) is 1.09. The van der Waals surface area contributed by atoms with Crippen molar-refractivity contribution in [3.8, 4) is 5.75 Å². The van der Waals surface area contributed by atoms with Gasteiger partial charge < -0.3 is 10.1 Å². The van der Waals surface area contributed by atoms with Gasteiger partial charge in [-0.2, -0.15) is 8.78 Å². The van der Waals surface area contributed by atoms with Gasteiger partial charge in [0, 0.05) is 22.9 Å². The maximum Gasteiger partial charge on any atom is 0.387 e. The first-order valence-electron chi connectivity index (χ1n) is 5.74. The Morgan fingerprint density at radius 1 is 1.11 bits per heavy atom. The van der Waals surface area contributed by atoms with Crippen LogP contribution in [0.25, 0.3) is 0 Å². The zero-order valence-corrected chi connectivity index (χ0v) is 10.3. The number of nitrogens with one attached hydrogen (secondary N) is 1. The van der Waals surface area contributed by atoms with Gasteiger partial charge in [-0.3, -0.25) is 0 Å². The second-order valence-corrected chi connectivity index (χ2v) is 4.27. The highest BCUT2D eigenvalue weighted by Crippen LogP contribution is 2.32. The average Bonchev–Trinajstić information content (AvgIpc) is 2.27. The molecule has 0 atom stereocenters. The highest BCUT2D eigenvalue weighted by molar-refractivity contribution is 5.43. The van der Waals surface area contributed by atoms with Crippen LogP contribution in [0, 0.1) is 0 Å².